The van der Waals surface area contributed by atoms with Crippen LogP contribution in [0.25, 0.3) is 0 Å². The molecular formula is C12H17N3O4. The van der Waals surface area contributed by atoms with Crippen LogP contribution in [0.4, 0.5) is 4.79 Å². The molecule has 0 aliphatic rings. The van der Waals surface area contributed by atoms with Crippen molar-refractivity contribution in [2.24, 2.45) is 0 Å². The first-order valence-corrected chi connectivity index (χ1v) is 5.82. The summed E-state index contributed by atoms with van der Waals surface area (Å²) in [6, 6.07) is 0. The number of ether oxygens (including phenoxy) is 1. The standard InChI is InChI=1S/C12H17N3O4/c1-4-18-12(17)15(19-11(16)10(2)3)8-7-14-6-5-13-9-14/h5-6,9H,2,4,7-8H2,1,3H3. The van der Waals surface area contributed by atoms with E-state index in [1.54, 1.807) is 30.2 Å². The smallest absolute Gasteiger partial charge is 0.443 e. The summed E-state index contributed by atoms with van der Waals surface area (Å²) in [7, 11) is 0. The summed E-state index contributed by atoms with van der Waals surface area (Å²) < 4.78 is 6.56. The Morgan fingerprint density at radius 2 is 2.21 bits per heavy atom. The van der Waals surface area contributed by atoms with E-state index in [-0.39, 0.29) is 18.7 Å². The summed E-state index contributed by atoms with van der Waals surface area (Å²) in [5, 5.41) is 0.876. The van der Waals surface area contributed by atoms with Crippen LogP contribution in [0.3, 0.4) is 0 Å². The van der Waals surface area contributed by atoms with Crippen LogP contribution in [0.15, 0.2) is 30.9 Å². The van der Waals surface area contributed by atoms with Gasteiger partial charge in [-0.15, -0.1) is 5.06 Å². The van der Waals surface area contributed by atoms with Gasteiger partial charge in [0, 0.05) is 24.5 Å². The molecule has 0 spiro atoms. The minimum absolute atomic E-state index is 0.161. The maximum atomic E-state index is 11.6. The zero-order valence-electron chi connectivity index (χ0n) is 11.0. The highest BCUT2D eigenvalue weighted by Crippen LogP contribution is 2.02. The van der Waals surface area contributed by atoms with Crippen LogP contribution in [0.5, 0.6) is 0 Å². The Balaban J connectivity index is 2.60. The van der Waals surface area contributed by atoms with Crippen molar-refractivity contribution in [2.45, 2.75) is 20.4 Å². The van der Waals surface area contributed by atoms with Gasteiger partial charge < -0.3 is 14.1 Å². The molecule has 1 rings (SSSR count). The summed E-state index contributed by atoms with van der Waals surface area (Å²) in [5.41, 5.74) is 0.205. The van der Waals surface area contributed by atoms with Crippen molar-refractivity contribution in [1.29, 1.82) is 0 Å². The average Bonchev–Trinajstić information content (AvgIpc) is 2.87. The molecule has 0 aliphatic carbocycles. The maximum Gasteiger partial charge on any atom is 0.443 e. The summed E-state index contributed by atoms with van der Waals surface area (Å²) >= 11 is 0. The van der Waals surface area contributed by atoms with E-state index >= 15 is 0 Å². The second kappa shape index (κ2) is 7.20. The lowest BCUT2D eigenvalue weighted by atomic mass is 10.4. The van der Waals surface area contributed by atoms with Crippen molar-refractivity contribution < 1.29 is 19.2 Å². The third-order valence-electron chi connectivity index (χ3n) is 2.13. The van der Waals surface area contributed by atoms with Gasteiger partial charge in [0.1, 0.15) is 0 Å². The van der Waals surface area contributed by atoms with Gasteiger partial charge in [-0.3, -0.25) is 0 Å². The first kappa shape index (κ1) is 14.7. The molecule has 0 bridgehead atoms. The first-order valence-electron chi connectivity index (χ1n) is 5.82. The number of hydrogen-bond acceptors (Lipinski definition) is 5. The molecule has 0 radical (unpaired) electrons. The molecular weight excluding hydrogens is 250 g/mol. The van der Waals surface area contributed by atoms with E-state index in [9.17, 15) is 9.59 Å². The summed E-state index contributed by atoms with van der Waals surface area (Å²) in [4.78, 5) is 31.9. The Morgan fingerprint density at radius 1 is 1.47 bits per heavy atom. The zero-order chi connectivity index (χ0) is 14.3. The number of hydrogen-bond donors (Lipinski definition) is 0. The first-order chi connectivity index (χ1) is 9.04. The molecule has 7 heteroatoms. The fourth-order valence-electron chi connectivity index (χ4n) is 1.17. The molecule has 0 atom stereocenters. The van der Waals surface area contributed by atoms with E-state index in [0.29, 0.717) is 6.54 Å². The largest absolute Gasteiger partial charge is 0.448 e. The highest BCUT2D eigenvalue weighted by molar-refractivity contribution is 5.87. The SMILES string of the molecule is C=C(C)C(=O)ON(CCn1ccnc1)C(=O)OCC. The highest BCUT2D eigenvalue weighted by Gasteiger charge is 2.20. The molecule has 1 amide bonds. The van der Waals surface area contributed by atoms with E-state index in [2.05, 4.69) is 11.6 Å². The van der Waals surface area contributed by atoms with E-state index in [1.165, 1.54) is 6.92 Å². The molecule has 0 unspecified atom stereocenters. The number of rotatable bonds is 5. The van der Waals surface area contributed by atoms with Crippen molar-refractivity contribution in [3.05, 3.63) is 30.9 Å². The molecule has 1 heterocycles. The van der Waals surface area contributed by atoms with Crippen LogP contribution in [-0.4, -0.2) is 39.8 Å². The van der Waals surface area contributed by atoms with Gasteiger partial charge in [-0.2, -0.15) is 0 Å². The fraction of sp³-hybridized carbons (Fsp3) is 0.417. The van der Waals surface area contributed by atoms with Gasteiger partial charge in [-0.05, 0) is 13.8 Å². The lowest BCUT2D eigenvalue weighted by Gasteiger charge is -2.20. The van der Waals surface area contributed by atoms with Crippen LogP contribution < -0.4 is 0 Å². The van der Waals surface area contributed by atoms with Crippen LogP contribution >= 0.6 is 0 Å². The van der Waals surface area contributed by atoms with Crippen molar-refractivity contribution in [3.8, 4) is 0 Å². The number of hydroxylamine groups is 2. The van der Waals surface area contributed by atoms with E-state index in [0.717, 1.165) is 5.06 Å². The van der Waals surface area contributed by atoms with Crippen molar-refractivity contribution >= 4 is 12.1 Å². The van der Waals surface area contributed by atoms with Gasteiger partial charge >= 0.3 is 12.1 Å². The summed E-state index contributed by atoms with van der Waals surface area (Å²) in [5.74, 6) is -0.668. The second-order valence-corrected chi connectivity index (χ2v) is 3.76. The number of aromatic nitrogens is 2. The van der Waals surface area contributed by atoms with E-state index in [4.69, 9.17) is 9.57 Å². The predicted molar refractivity (Wildman–Crippen MR) is 66.9 cm³/mol. The topological polar surface area (TPSA) is 73.7 Å². The molecule has 0 saturated heterocycles. The number of imidazole rings is 1. The van der Waals surface area contributed by atoms with Crippen LogP contribution in [0.1, 0.15) is 13.8 Å². The molecule has 0 saturated carbocycles. The van der Waals surface area contributed by atoms with E-state index in [1.807, 2.05) is 0 Å². The molecule has 0 fully saturated rings. The Morgan fingerprint density at radius 3 is 2.74 bits per heavy atom. The molecule has 1 aromatic heterocycles. The molecule has 0 aliphatic heterocycles. The average molecular weight is 267 g/mol. The summed E-state index contributed by atoms with van der Waals surface area (Å²) in [6.45, 7) is 7.42. The molecule has 19 heavy (non-hydrogen) atoms. The normalized spacial score (nSPS) is 9.79. The van der Waals surface area contributed by atoms with Gasteiger partial charge in [0.2, 0.25) is 0 Å². The lowest BCUT2D eigenvalue weighted by molar-refractivity contribution is -0.177. The zero-order valence-corrected chi connectivity index (χ0v) is 11.0. The minimum Gasteiger partial charge on any atom is -0.448 e. The van der Waals surface area contributed by atoms with Crippen molar-refractivity contribution in [1.82, 2.24) is 14.6 Å². The molecule has 0 aromatic carbocycles. The third kappa shape index (κ3) is 4.82. The summed E-state index contributed by atoms with van der Waals surface area (Å²) in [6.07, 6.45) is 4.25. The van der Waals surface area contributed by atoms with Gasteiger partial charge in [0.15, 0.2) is 0 Å². The molecule has 0 N–H and O–H groups in total. The van der Waals surface area contributed by atoms with Crippen molar-refractivity contribution in [3.63, 3.8) is 0 Å². The Kier molecular flexibility index (Phi) is 5.59. The monoisotopic (exact) mass is 267 g/mol. The van der Waals surface area contributed by atoms with Gasteiger partial charge in [0.25, 0.3) is 0 Å². The molecule has 104 valence electrons. The second-order valence-electron chi connectivity index (χ2n) is 3.76. The molecule has 1 aromatic rings. The lowest BCUT2D eigenvalue weighted by Crippen LogP contribution is -2.36. The quantitative estimate of drug-likeness (QED) is 0.595. The third-order valence-corrected chi connectivity index (χ3v) is 2.13. The highest BCUT2D eigenvalue weighted by atomic mass is 16.7. The predicted octanol–water partition coefficient (Wildman–Crippen LogP) is 1.38. The van der Waals surface area contributed by atoms with Crippen LogP contribution in [0.2, 0.25) is 0 Å². The minimum atomic E-state index is -0.711. The number of amides is 1. The van der Waals surface area contributed by atoms with Gasteiger partial charge in [-0.1, -0.05) is 6.58 Å². The van der Waals surface area contributed by atoms with Crippen molar-refractivity contribution in [2.75, 3.05) is 13.2 Å². The van der Waals surface area contributed by atoms with Crippen LogP contribution in [0, 0.1) is 0 Å². The van der Waals surface area contributed by atoms with E-state index < -0.39 is 12.1 Å². The Hall–Kier alpha value is -2.31. The number of carbonyl (C=O) groups excluding carboxylic acids is 2. The Bertz CT molecular complexity index is 442. The van der Waals surface area contributed by atoms with Gasteiger partial charge in [-0.25, -0.2) is 14.6 Å². The molecule has 7 nitrogen and oxygen atoms in total. The van der Waals surface area contributed by atoms with Crippen LogP contribution in [-0.2, 0) is 20.9 Å². The van der Waals surface area contributed by atoms with Gasteiger partial charge in [0.05, 0.1) is 19.5 Å². The number of nitrogens with zero attached hydrogens (tertiary/aromatic N) is 3. The fourth-order valence-corrected chi connectivity index (χ4v) is 1.17. The Labute approximate surface area is 111 Å². The maximum absolute atomic E-state index is 11.6. The number of carbonyl (C=O) groups is 2.